The van der Waals surface area contributed by atoms with Crippen LogP contribution in [0.4, 0.5) is 0 Å². The molecule has 0 unspecified atom stereocenters. The van der Waals surface area contributed by atoms with Crippen LogP contribution in [0.25, 0.3) is 0 Å². The van der Waals surface area contributed by atoms with E-state index >= 15 is 0 Å². The Morgan fingerprint density at radius 2 is 1.50 bits per heavy atom. The van der Waals surface area contributed by atoms with Crippen LogP contribution in [-0.4, -0.2) is 29.8 Å². The van der Waals surface area contributed by atoms with Gasteiger partial charge in [0.25, 0.3) is 0 Å². The second-order valence-corrected chi connectivity index (χ2v) is 11.3. The average Bonchev–Trinajstić information content (AvgIpc) is 2.75. The van der Waals surface area contributed by atoms with Gasteiger partial charge in [0.2, 0.25) is 0 Å². The number of benzene rings is 1. The highest BCUT2D eigenvalue weighted by atomic mass is 32.2. The van der Waals surface area contributed by atoms with Crippen molar-refractivity contribution in [3.05, 3.63) is 35.9 Å². The highest BCUT2D eigenvalue weighted by molar-refractivity contribution is 7.99. The molecule has 26 heavy (non-hydrogen) atoms. The summed E-state index contributed by atoms with van der Waals surface area (Å²) < 4.78 is 13.2. The van der Waals surface area contributed by atoms with Gasteiger partial charge in [0.1, 0.15) is 0 Å². The minimum Gasteiger partial charge on any atom is -0.403 e. The van der Waals surface area contributed by atoms with Crippen molar-refractivity contribution >= 4 is 18.9 Å². The molecule has 1 aromatic carbocycles. The maximum Gasteiger partial charge on any atom is 0.464 e. The lowest BCUT2D eigenvalue weighted by atomic mass is 9.16. The smallest absolute Gasteiger partial charge is 0.403 e. The average molecular weight is 370 g/mol. The van der Waals surface area contributed by atoms with Crippen LogP contribution < -0.4 is 0 Å². The molecule has 3 saturated carbocycles. The molecule has 2 saturated heterocycles. The van der Waals surface area contributed by atoms with Gasteiger partial charge in [-0.25, -0.2) is 0 Å². The minimum atomic E-state index is -0.222. The maximum absolute atomic E-state index is 6.58. The molecule has 6 rings (SSSR count). The normalized spacial score (nSPS) is 40.8. The van der Waals surface area contributed by atoms with E-state index in [1.165, 1.54) is 37.2 Å². The van der Waals surface area contributed by atoms with E-state index in [1.807, 2.05) is 0 Å². The van der Waals surface area contributed by atoms with Gasteiger partial charge in [-0.05, 0) is 87.7 Å². The van der Waals surface area contributed by atoms with Gasteiger partial charge in [0.15, 0.2) is 0 Å². The molecule has 2 aliphatic heterocycles. The monoisotopic (exact) mass is 370 g/mol. The largest absolute Gasteiger partial charge is 0.464 e. The standard InChI is InChI=1S/C22H31BO2S/c1-19(2)20(3,4)25-23(24-19)22-14-21(15-22,17-8-6-5-7-9-17)18(22)16-10-12-26-13-11-16/h5-9,16,18H,10-15H2,1-4H3/t18-,21?,22?/m0/s1. The van der Waals surface area contributed by atoms with Gasteiger partial charge in [-0.3, -0.25) is 0 Å². The summed E-state index contributed by atoms with van der Waals surface area (Å²) in [4.78, 5) is 0. The van der Waals surface area contributed by atoms with E-state index in [0.29, 0.717) is 5.41 Å². The van der Waals surface area contributed by atoms with Crippen LogP contribution in [0.15, 0.2) is 30.3 Å². The molecule has 0 radical (unpaired) electrons. The number of hydrogen-bond acceptors (Lipinski definition) is 3. The molecule has 2 nitrogen and oxygen atoms in total. The van der Waals surface area contributed by atoms with E-state index in [0.717, 1.165) is 11.8 Å². The Balaban J connectivity index is 1.47. The number of thioether (sulfide) groups is 1. The van der Waals surface area contributed by atoms with E-state index in [1.54, 1.807) is 5.56 Å². The molecule has 4 heteroatoms. The van der Waals surface area contributed by atoms with Crippen LogP contribution in [0.2, 0.25) is 5.31 Å². The van der Waals surface area contributed by atoms with Crippen LogP contribution in [0, 0.1) is 11.8 Å². The lowest BCUT2D eigenvalue weighted by Crippen LogP contribution is -2.75. The molecular weight excluding hydrogens is 339 g/mol. The fraction of sp³-hybridized carbons (Fsp3) is 0.727. The summed E-state index contributed by atoms with van der Waals surface area (Å²) in [5.74, 6) is 4.21. The molecule has 0 N–H and O–H groups in total. The Bertz CT molecular complexity index is 673. The third kappa shape index (κ3) is 2.16. The number of hydrogen-bond donors (Lipinski definition) is 0. The molecule has 5 aliphatic rings. The maximum atomic E-state index is 6.58. The summed E-state index contributed by atoms with van der Waals surface area (Å²) in [5, 5.41) is 0.244. The zero-order valence-electron chi connectivity index (χ0n) is 16.6. The molecule has 1 aromatic rings. The lowest BCUT2D eigenvalue weighted by molar-refractivity contribution is -0.155. The Morgan fingerprint density at radius 1 is 0.923 bits per heavy atom. The van der Waals surface area contributed by atoms with Crippen LogP contribution in [0.3, 0.4) is 0 Å². The third-order valence-electron chi connectivity index (χ3n) is 8.31. The van der Waals surface area contributed by atoms with Crippen LogP contribution in [-0.2, 0) is 14.7 Å². The van der Waals surface area contributed by atoms with Crippen molar-refractivity contribution in [1.82, 2.24) is 0 Å². The molecule has 2 bridgehead atoms. The zero-order chi connectivity index (χ0) is 18.2. The van der Waals surface area contributed by atoms with Gasteiger partial charge in [-0.15, -0.1) is 0 Å². The minimum absolute atomic E-state index is 0.0299. The molecule has 3 aliphatic carbocycles. The second-order valence-electron chi connectivity index (χ2n) is 10.1. The fourth-order valence-electron chi connectivity index (χ4n) is 6.37. The summed E-state index contributed by atoms with van der Waals surface area (Å²) in [7, 11) is -0.0299. The number of rotatable bonds is 3. The van der Waals surface area contributed by atoms with Crippen molar-refractivity contribution in [2.24, 2.45) is 11.8 Å². The van der Waals surface area contributed by atoms with Gasteiger partial charge >= 0.3 is 7.12 Å². The molecule has 0 amide bonds. The van der Waals surface area contributed by atoms with Gasteiger partial charge in [-0.1, -0.05) is 30.3 Å². The van der Waals surface area contributed by atoms with Gasteiger partial charge in [0, 0.05) is 5.31 Å². The Labute approximate surface area is 162 Å². The van der Waals surface area contributed by atoms with Gasteiger partial charge in [-0.2, -0.15) is 11.8 Å². The topological polar surface area (TPSA) is 18.5 Å². The SMILES string of the molecule is CC1(C)OB(C23CC(c4ccccc4)(C2)[C@@H]3C2CCSCC2)OC1(C)C. The molecule has 1 atom stereocenters. The summed E-state index contributed by atoms with van der Waals surface area (Å²) in [6.07, 6.45) is 5.22. The molecule has 5 fully saturated rings. The van der Waals surface area contributed by atoms with E-state index in [9.17, 15) is 0 Å². The first kappa shape index (κ1) is 17.6. The first-order chi connectivity index (χ1) is 12.3. The zero-order valence-corrected chi connectivity index (χ0v) is 17.4. The van der Waals surface area contributed by atoms with Crippen molar-refractivity contribution in [3.63, 3.8) is 0 Å². The molecule has 140 valence electrons. The van der Waals surface area contributed by atoms with E-state index in [2.05, 4.69) is 69.8 Å². The van der Waals surface area contributed by atoms with E-state index < -0.39 is 0 Å². The predicted octanol–water partition coefficient (Wildman–Crippen LogP) is 5.32. The van der Waals surface area contributed by atoms with Crippen LogP contribution in [0.1, 0.15) is 58.9 Å². The lowest BCUT2D eigenvalue weighted by Gasteiger charge is -2.79. The van der Waals surface area contributed by atoms with Crippen molar-refractivity contribution < 1.29 is 9.31 Å². The predicted molar refractivity (Wildman–Crippen MR) is 110 cm³/mol. The third-order valence-corrected chi connectivity index (χ3v) is 9.36. The van der Waals surface area contributed by atoms with Gasteiger partial charge < -0.3 is 9.31 Å². The van der Waals surface area contributed by atoms with Crippen molar-refractivity contribution in [1.29, 1.82) is 0 Å². The molecule has 0 aromatic heterocycles. The molecule has 2 heterocycles. The summed E-state index contributed by atoms with van der Waals surface area (Å²) >= 11 is 2.13. The van der Waals surface area contributed by atoms with Crippen molar-refractivity contribution in [3.8, 4) is 0 Å². The summed E-state index contributed by atoms with van der Waals surface area (Å²) in [6, 6.07) is 11.3. The Morgan fingerprint density at radius 3 is 2.08 bits per heavy atom. The first-order valence-electron chi connectivity index (χ1n) is 10.3. The molecular formula is C22H31BO2S. The van der Waals surface area contributed by atoms with E-state index in [-0.39, 0.29) is 23.6 Å². The Kier molecular flexibility index (Phi) is 3.76. The van der Waals surface area contributed by atoms with Crippen LogP contribution in [0.5, 0.6) is 0 Å². The van der Waals surface area contributed by atoms with Crippen molar-refractivity contribution in [2.45, 2.75) is 75.3 Å². The highest BCUT2D eigenvalue weighted by Crippen LogP contribution is 2.86. The Hall–Kier alpha value is -0.445. The van der Waals surface area contributed by atoms with Gasteiger partial charge in [0.05, 0.1) is 11.2 Å². The van der Waals surface area contributed by atoms with E-state index in [4.69, 9.17) is 9.31 Å². The second kappa shape index (κ2) is 5.55. The highest BCUT2D eigenvalue weighted by Gasteiger charge is 2.83. The van der Waals surface area contributed by atoms with Crippen LogP contribution >= 0.6 is 11.8 Å². The summed E-state index contributed by atoms with van der Waals surface area (Å²) in [5.41, 5.74) is 1.50. The van der Waals surface area contributed by atoms with Crippen molar-refractivity contribution in [2.75, 3.05) is 11.5 Å². The fourth-order valence-corrected chi connectivity index (χ4v) is 7.51. The quantitative estimate of drug-likeness (QED) is 0.671. The molecule has 0 spiro atoms. The first-order valence-corrected chi connectivity index (χ1v) is 11.5. The summed E-state index contributed by atoms with van der Waals surface area (Å²) in [6.45, 7) is 8.77.